The number of piperazine rings is 1. The Morgan fingerprint density at radius 1 is 1.33 bits per heavy atom. The molecule has 1 amide bonds. The number of hydrogen-bond acceptors (Lipinski definition) is 5. The molecule has 3 rings (SSSR count). The summed E-state index contributed by atoms with van der Waals surface area (Å²) < 4.78 is 5.20. The van der Waals surface area contributed by atoms with Crippen molar-refractivity contribution >= 4 is 5.91 Å². The maximum absolute atomic E-state index is 11.4. The highest BCUT2D eigenvalue weighted by atomic mass is 16.5. The number of nitrogens with zero attached hydrogens (tertiary/aromatic N) is 4. The Balaban J connectivity index is 1.53. The average Bonchev–Trinajstić information content (AvgIpc) is 3.09. The summed E-state index contributed by atoms with van der Waals surface area (Å²) in [5, 5.41) is 3.77. The van der Waals surface area contributed by atoms with Crippen LogP contribution in [0.25, 0.3) is 0 Å². The van der Waals surface area contributed by atoms with E-state index in [-0.39, 0.29) is 5.91 Å². The number of amides is 1. The van der Waals surface area contributed by atoms with Gasteiger partial charge in [0.05, 0.1) is 12.7 Å². The van der Waals surface area contributed by atoms with E-state index < -0.39 is 0 Å². The second-order valence-corrected chi connectivity index (χ2v) is 6.26. The van der Waals surface area contributed by atoms with Gasteiger partial charge in [0.15, 0.2) is 5.76 Å². The molecule has 116 valence electrons. The normalized spacial score (nSPS) is 28.2. The molecule has 0 N–H and O–H groups in total. The van der Waals surface area contributed by atoms with E-state index in [1.165, 1.54) is 0 Å². The summed E-state index contributed by atoms with van der Waals surface area (Å²) in [6.07, 6.45) is 1.70. The van der Waals surface area contributed by atoms with Gasteiger partial charge in [-0.1, -0.05) is 12.1 Å². The van der Waals surface area contributed by atoms with Gasteiger partial charge in [-0.15, -0.1) is 0 Å². The van der Waals surface area contributed by atoms with Gasteiger partial charge in [0.2, 0.25) is 5.91 Å². The zero-order valence-corrected chi connectivity index (χ0v) is 12.9. The van der Waals surface area contributed by atoms with Crippen LogP contribution in [0.3, 0.4) is 0 Å². The Bertz CT molecular complexity index is 468. The molecular weight excluding hydrogens is 268 g/mol. The Hall–Kier alpha value is -1.40. The molecule has 2 fully saturated rings. The van der Waals surface area contributed by atoms with Crippen molar-refractivity contribution in [2.75, 3.05) is 39.3 Å². The Morgan fingerprint density at radius 3 is 2.71 bits per heavy atom. The first-order chi connectivity index (χ1) is 10.1. The number of rotatable bonds is 3. The minimum atomic E-state index is 0.195. The lowest BCUT2D eigenvalue weighted by Crippen LogP contribution is -2.53. The molecular formula is C15H24N4O2. The molecule has 2 aliphatic heterocycles. The maximum Gasteiger partial charge on any atom is 0.219 e. The van der Waals surface area contributed by atoms with Gasteiger partial charge in [-0.05, 0) is 5.92 Å². The van der Waals surface area contributed by atoms with Gasteiger partial charge in [-0.25, -0.2) is 0 Å². The lowest BCUT2D eigenvalue weighted by Gasteiger charge is -2.39. The van der Waals surface area contributed by atoms with Gasteiger partial charge in [-0.2, -0.15) is 0 Å². The van der Waals surface area contributed by atoms with E-state index in [9.17, 15) is 4.79 Å². The van der Waals surface area contributed by atoms with Crippen molar-refractivity contribution < 1.29 is 9.32 Å². The lowest BCUT2D eigenvalue weighted by molar-refractivity contribution is -0.130. The first-order valence-electron chi connectivity index (χ1n) is 7.75. The molecule has 6 nitrogen and oxygen atoms in total. The van der Waals surface area contributed by atoms with E-state index in [0.29, 0.717) is 12.0 Å². The SMILES string of the molecule is CC(=O)N1CCN([C@@H]2CN(Cc3ccno3)C[C@@H]2C)CC1. The summed E-state index contributed by atoms with van der Waals surface area (Å²) >= 11 is 0. The number of aromatic nitrogens is 1. The highest BCUT2D eigenvalue weighted by Gasteiger charge is 2.35. The topological polar surface area (TPSA) is 52.8 Å². The van der Waals surface area contributed by atoms with Crippen LogP contribution in [0.5, 0.6) is 0 Å². The van der Waals surface area contributed by atoms with Gasteiger partial charge < -0.3 is 9.42 Å². The maximum atomic E-state index is 11.4. The summed E-state index contributed by atoms with van der Waals surface area (Å²) in [6.45, 7) is 10.7. The van der Waals surface area contributed by atoms with Crippen molar-refractivity contribution in [3.8, 4) is 0 Å². The molecule has 0 bridgehead atoms. The molecule has 2 saturated heterocycles. The van der Waals surface area contributed by atoms with Crippen molar-refractivity contribution in [2.24, 2.45) is 5.92 Å². The molecule has 0 aromatic carbocycles. The highest BCUT2D eigenvalue weighted by molar-refractivity contribution is 5.73. The van der Waals surface area contributed by atoms with Gasteiger partial charge >= 0.3 is 0 Å². The van der Waals surface area contributed by atoms with Crippen molar-refractivity contribution in [2.45, 2.75) is 26.4 Å². The first-order valence-corrected chi connectivity index (χ1v) is 7.75. The molecule has 1 aromatic rings. The van der Waals surface area contributed by atoms with Crippen molar-refractivity contribution in [3.63, 3.8) is 0 Å². The zero-order valence-electron chi connectivity index (χ0n) is 12.9. The third kappa shape index (κ3) is 3.27. The van der Waals surface area contributed by atoms with Crippen LogP contribution in [0.1, 0.15) is 19.6 Å². The fraction of sp³-hybridized carbons (Fsp3) is 0.733. The van der Waals surface area contributed by atoms with Gasteiger partial charge in [0.1, 0.15) is 0 Å². The third-order valence-corrected chi connectivity index (χ3v) is 4.75. The van der Waals surface area contributed by atoms with E-state index >= 15 is 0 Å². The molecule has 2 atom stereocenters. The predicted molar refractivity (Wildman–Crippen MR) is 78.6 cm³/mol. The van der Waals surface area contributed by atoms with Crippen LogP contribution in [0.4, 0.5) is 0 Å². The van der Waals surface area contributed by atoms with Crippen LogP contribution in [0.2, 0.25) is 0 Å². The van der Waals surface area contributed by atoms with E-state index in [2.05, 4.69) is 21.9 Å². The molecule has 2 aliphatic rings. The second-order valence-electron chi connectivity index (χ2n) is 6.26. The van der Waals surface area contributed by atoms with Crippen LogP contribution >= 0.6 is 0 Å². The molecule has 0 unspecified atom stereocenters. The molecule has 0 saturated carbocycles. The number of likely N-dealkylation sites (tertiary alicyclic amines) is 1. The lowest BCUT2D eigenvalue weighted by atomic mass is 10.0. The third-order valence-electron chi connectivity index (χ3n) is 4.75. The number of carbonyl (C=O) groups excluding carboxylic acids is 1. The standard InChI is InChI=1S/C15H24N4O2/c1-12-9-17(10-14-3-4-16-21-14)11-15(12)19-7-5-18(6-8-19)13(2)20/h3-4,12,15H,5-11H2,1-2H3/t12-,15+/m0/s1. The summed E-state index contributed by atoms with van der Waals surface area (Å²) in [6, 6.07) is 2.52. The van der Waals surface area contributed by atoms with E-state index in [4.69, 9.17) is 4.52 Å². The minimum absolute atomic E-state index is 0.195. The number of carbonyl (C=O) groups is 1. The molecule has 3 heterocycles. The van der Waals surface area contributed by atoms with E-state index in [0.717, 1.165) is 51.6 Å². The Morgan fingerprint density at radius 2 is 2.10 bits per heavy atom. The van der Waals surface area contributed by atoms with E-state index in [1.54, 1.807) is 13.1 Å². The Kier molecular flexibility index (Phi) is 4.26. The second kappa shape index (κ2) is 6.15. The molecule has 21 heavy (non-hydrogen) atoms. The van der Waals surface area contributed by atoms with Crippen LogP contribution < -0.4 is 0 Å². The molecule has 0 radical (unpaired) electrons. The smallest absolute Gasteiger partial charge is 0.219 e. The Labute approximate surface area is 125 Å². The molecule has 1 aromatic heterocycles. The number of hydrogen-bond donors (Lipinski definition) is 0. The molecule has 0 spiro atoms. The monoisotopic (exact) mass is 292 g/mol. The van der Waals surface area contributed by atoms with Crippen molar-refractivity contribution in [3.05, 3.63) is 18.0 Å². The van der Waals surface area contributed by atoms with E-state index in [1.807, 2.05) is 11.0 Å². The molecule has 6 heteroatoms. The summed E-state index contributed by atoms with van der Waals surface area (Å²) in [7, 11) is 0. The van der Waals surface area contributed by atoms with Crippen LogP contribution in [0.15, 0.2) is 16.8 Å². The highest BCUT2D eigenvalue weighted by Crippen LogP contribution is 2.24. The van der Waals surface area contributed by atoms with Crippen molar-refractivity contribution in [1.29, 1.82) is 0 Å². The fourth-order valence-electron chi connectivity index (χ4n) is 3.56. The largest absolute Gasteiger partial charge is 0.360 e. The zero-order chi connectivity index (χ0) is 14.8. The summed E-state index contributed by atoms with van der Waals surface area (Å²) in [4.78, 5) is 18.3. The first kappa shape index (κ1) is 14.5. The van der Waals surface area contributed by atoms with Crippen LogP contribution in [-0.4, -0.2) is 71.1 Å². The van der Waals surface area contributed by atoms with Gasteiger partial charge in [0.25, 0.3) is 0 Å². The predicted octanol–water partition coefficient (Wildman–Crippen LogP) is 0.659. The average molecular weight is 292 g/mol. The van der Waals surface area contributed by atoms with Crippen LogP contribution in [0, 0.1) is 5.92 Å². The minimum Gasteiger partial charge on any atom is -0.360 e. The quantitative estimate of drug-likeness (QED) is 0.819. The van der Waals surface area contributed by atoms with Crippen LogP contribution in [-0.2, 0) is 11.3 Å². The van der Waals surface area contributed by atoms with Gasteiger partial charge in [-0.3, -0.25) is 14.6 Å². The summed E-state index contributed by atoms with van der Waals surface area (Å²) in [5.41, 5.74) is 0. The molecule has 0 aliphatic carbocycles. The van der Waals surface area contributed by atoms with Gasteiger partial charge in [0, 0.05) is 58.3 Å². The summed E-state index contributed by atoms with van der Waals surface area (Å²) in [5.74, 6) is 1.78. The fourth-order valence-corrected chi connectivity index (χ4v) is 3.56. The van der Waals surface area contributed by atoms with Crippen molar-refractivity contribution in [1.82, 2.24) is 19.9 Å².